The second kappa shape index (κ2) is 9.42. The first-order valence-corrected chi connectivity index (χ1v) is 8.97. The molecule has 0 bridgehead atoms. The van der Waals surface area contributed by atoms with E-state index < -0.39 is 0 Å². The van der Waals surface area contributed by atoms with Crippen LogP contribution in [0.5, 0.6) is 0 Å². The Balaban J connectivity index is 1.44. The van der Waals surface area contributed by atoms with Gasteiger partial charge in [0.25, 0.3) is 0 Å². The topological polar surface area (TPSA) is 44.4 Å². The van der Waals surface area contributed by atoms with E-state index in [-0.39, 0.29) is 5.91 Å². The molecule has 2 fully saturated rings. The predicted octanol–water partition coefficient (Wildman–Crippen LogP) is 2.15. The Kier molecular flexibility index (Phi) is 7.51. The lowest BCUT2D eigenvalue weighted by Gasteiger charge is -2.33. The molecule has 0 aromatic carbocycles. The van der Waals surface area contributed by atoms with Gasteiger partial charge in [-0.25, -0.2) is 0 Å². The maximum absolute atomic E-state index is 11.8. The lowest BCUT2D eigenvalue weighted by Crippen LogP contribution is -2.38. The van der Waals surface area contributed by atoms with Crippen LogP contribution in [-0.2, 0) is 4.79 Å². The molecular formula is C17H33N3O. The van der Waals surface area contributed by atoms with Crippen molar-refractivity contribution in [1.29, 1.82) is 0 Å². The summed E-state index contributed by atoms with van der Waals surface area (Å²) < 4.78 is 0. The molecule has 2 aliphatic heterocycles. The fourth-order valence-electron chi connectivity index (χ4n) is 3.54. The molecule has 4 nitrogen and oxygen atoms in total. The maximum Gasteiger partial charge on any atom is 0.220 e. The zero-order chi connectivity index (χ0) is 14.9. The van der Waals surface area contributed by atoms with Crippen LogP contribution in [0.4, 0.5) is 0 Å². The number of likely N-dealkylation sites (tertiary alicyclic amines) is 1. The first-order valence-electron chi connectivity index (χ1n) is 8.97. The number of nitrogens with zero attached hydrogens (tertiary/aromatic N) is 1. The first-order chi connectivity index (χ1) is 10.3. The van der Waals surface area contributed by atoms with Crippen LogP contribution in [0.2, 0.25) is 0 Å². The minimum Gasteiger partial charge on any atom is -0.356 e. The molecule has 2 heterocycles. The summed E-state index contributed by atoms with van der Waals surface area (Å²) in [6.07, 6.45) is 9.41. The summed E-state index contributed by atoms with van der Waals surface area (Å²) in [4.78, 5) is 14.4. The van der Waals surface area contributed by atoms with Crippen molar-refractivity contribution in [1.82, 2.24) is 15.5 Å². The number of piperidine rings is 1. The molecule has 0 aromatic heterocycles. The van der Waals surface area contributed by atoms with Crippen molar-refractivity contribution in [2.45, 2.75) is 64.3 Å². The summed E-state index contributed by atoms with van der Waals surface area (Å²) in [6.45, 7) is 7.89. The van der Waals surface area contributed by atoms with Gasteiger partial charge in [0, 0.05) is 19.0 Å². The third-order valence-electron chi connectivity index (χ3n) is 5.08. The van der Waals surface area contributed by atoms with E-state index in [1.54, 1.807) is 0 Å². The number of rotatable bonds is 8. The average molecular weight is 295 g/mol. The van der Waals surface area contributed by atoms with Gasteiger partial charge in [-0.1, -0.05) is 6.42 Å². The van der Waals surface area contributed by atoms with Crippen molar-refractivity contribution in [3.63, 3.8) is 0 Å². The van der Waals surface area contributed by atoms with E-state index in [0.717, 1.165) is 44.4 Å². The van der Waals surface area contributed by atoms with Gasteiger partial charge in [-0.05, 0) is 77.5 Å². The zero-order valence-corrected chi connectivity index (χ0v) is 13.7. The molecule has 1 amide bonds. The molecule has 2 saturated heterocycles. The highest BCUT2D eigenvalue weighted by molar-refractivity contribution is 5.75. The highest BCUT2D eigenvalue weighted by Gasteiger charge is 2.17. The monoisotopic (exact) mass is 295 g/mol. The number of unbranched alkanes of at least 4 members (excludes halogenated alkanes) is 1. The van der Waals surface area contributed by atoms with Crippen LogP contribution in [-0.4, -0.2) is 49.6 Å². The smallest absolute Gasteiger partial charge is 0.220 e. The molecule has 2 aliphatic rings. The van der Waals surface area contributed by atoms with Crippen molar-refractivity contribution in [2.24, 2.45) is 5.92 Å². The molecule has 2 rings (SSSR count). The van der Waals surface area contributed by atoms with Gasteiger partial charge in [-0.15, -0.1) is 0 Å². The number of hydrogen-bond acceptors (Lipinski definition) is 3. The van der Waals surface area contributed by atoms with E-state index in [0.29, 0.717) is 6.42 Å². The van der Waals surface area contributed by atoms with Crippen LogP contribution in [0.25, 0.3) is 0 Å². The first kappa shape index (κ1) is 16.8. The maximum atomic E-state index is 11.8. The molecule has 2 atom stereocenters. The van der Waals surface area contributed by atoms with E-state index in [1.165, 1.54) is 45.2 Å². The van der Waals surface area contributed by atoms with Gasteiger partial charge in [0.1, 0.15) is 0 Å². The van der Waals surface area contributed by atoms with Crippen LogP contribution in [0.15, 0.2) is 0 Å². The molecule has 0 aromatic rings. The summed E-state index contributed by atoms with van der Waals surface area (Å²) in [5.41, 5.74) is 0. The Morgan fingerprint density at radius 2 is 2.19 bits per heavy atom. The molecule has 0 radical (unpaired) electrons. The van der Waals surface area contributed by atoms with Crippen molar-refractivity contribution in [2.75, 3.05) is 32.7 Å². The summed E-state index contributed by atoms with van der Waals surface area (Å²) in [7, 11) is 0. The Labute approximate surface area is 130 Å². The summed E-state index contributed by atoms with van der Waals surface area (Å²) in [5, 5.41) is 6.43. The van der Waals surface area contributed by atoms with Crippen molar-refractivity contribution in [3.05, 3.63) is 0 Å². The number of amides is 1. The Hall–Kier alpha value is -0.610. The minimum atomic E-state index is 0.244. The Bertz CT molecular complexity index is 302. The second-order valence-corrected chi connectivity index (χ2v) is 6.84. The molecule has 4 heteroatoms. The summed E-state index contributed by atoms with van der Waals surface area (Å²) in [6, 6.07) is 0.758. The van der Waals surface area contributed by atoms with Crippen LogP contribution >= 0.6 is 0 Å². The molecular weight excluding hydrogens is 262 g/mol. The number of nitrogens with one attached hydrogen (secondary N) is 2. The highest BCUT2D eigenvalue weighted by Crippen LogP contribution is 2.16. The van der Waals surface area contributed by atoms with Crippen LogP contribution in [0.3, 0.4) is 0 Å². The predicted molar refractivity (Wildman–Crippen MR) is 87.3 cm³/mol. The molecule has 122 valence electrons. The molecule has 2 N–H and O–H groups in total. The van der Waals surface area contributed by atoms with E-state index in [9.17, 15) is 4.79 Å². The van der Waals surface area contributed by atoms with Gasteiger partial charge < -0.3 is 15.5 Å². The standard InChI is InChI=1S/C17H33N3O/c1-15-6-2-4-12-20(15)13-5-3-10-19-17(21)8-7-16-9-11-18-14-16/h15-16,18H,2-14H2,1H3,(H,19,21). The Morgan fingerprint density at radius 3 is 2.95 bits per heavy atom. The fraction of sp³-hybridized carbons (Fsp3) is 0.941. The van der Waals surface area contributed by atoms with Crippen molar-refractivity contribution >= 4 is 5.91 Å². The lowest BCUT2D eigenvalue weighted by atomic mass is 10.0. The number of carbonyl (C=O) groups is 1. The molecule has 2 unspecified atom stereocenters. The third kappa shape index (κ3) is 6.35. The van der Waals surface area contributed by atoms with Gasteiger partial charge in [0.2, 0.25) is 5.91 Å². The van der Waals surface area contributed by atoms with Gasteiger partial charge in [-0.3, -0.25) is 4.79 Å². The highest BCUT2D eigenvalue weighted by atomic mass is 16.1. The molecule has 0 aliphatic carbocycles. The lowest BCUT2D eigenvalue weighted by molar-refractivity contribution is -0.121. The van der Waals surface area contributed by atoms with Crippen molar-refractivity contribution < 1.29 is 4.79 Å². The quantitative estimate of drug-likeness (QED) is 0.674. The fourth-order valence-corrected chi connectivity index (χ4v) is 3.54. The summed E-state index contributed by atoms with van der Waals surface area (Å²) >= 11 is 0. The SMILES string of the molecule is CC1CCCCN1CCCCNC(=O)CCC1CCNC1. The van der Waals surface area contributed by atoms with Gasteiger partial charge in [0.05, 0.1) is 0 Å². The van der Waals surface area contributed by atoms with Gasteiger partial charge >= 0.3 is 0 Å². The number of hydrogen-bond donors (Lipinski definition) is 2. The zero-order valence-electron chi connectivity index (χ0n) is 13.7. The van der Waals surface area contributed by atoms with E-state index in [4.69, 9.17) is 0 Å². The van der Waals surface area contributed by atoms with E-state index >= 15 is 0 Å². The van der Waals surface area contributed by atoms with E-state index in [2.05, 4.69) is 22.5 Å². The minimum absolute atomic E-state index is 0.244. The van der Waals surface area contributed by atoms with Gasteiger partial charge in [-0.2, -0.15) is 0 Å². The second-order valence-electron chi connectivity index (χ2n) is 6.84. The van der Waals surface area contributed by atoms with Crippen LogP contribution in [0.1, 0.15) is 58.3 Å². The third-order valence-corrected chi connectivity index (χ3v) is 5.08. The summed E-state index contributed by atoms with van der Waals surface area (Å²) in [5.74, 6) is 0.963. The van der Waals surface area contributed by atoms with Gasteiger partial charge in [0.15, 0.2) is 0 Å². The normalized spacial score (nSPS) is 26.9. The van der Waals surface area contributed by atoms with E-state index in [1.807, 2.05) is 0 Å². The average Bonchev–Trinajstić information content (AvgIpc) is 3.00. The van der Waals surface area contributed by atoms with Crippen LogP contribution < -0.4 is 10.6 Å². The molecule has 0 spiro atoms. The molecule has 0 saturated carbocycles. The molecule has 21 heavy (non-hydrogen) atoms. The van der Waals surface area contributed by atoms with Crippen molar-refractivity contribution in [3.8, 4) is 0 Å². The largest absolute Gasteiger partial charge is 0.356 e. The number of carbonyl (C=O) groups excluding carboxylic acids is 1. The Morgan fingerprint density at radius 1 is 1.29 bits per heavy atom. The van der Waals surface area contributed by atoms with Crippen LogP contribution in [0, 0.1) is 5.92 Å².